The van der Waals surface area contributed by atoms with E-state index in [4.69, 9.17) is 30.8 Å². The van der Waals surface area contributed by atoms with Crippen molar-refractivity contribution in [3.05, 3.63) is 28.9 Å². The van der Waals surface area contributed by atoms with Gasteiger partial charge < -0.3 is 19.5 Å². The van der Waals surface area contributed by atoms with Crippen molar-refractivity contribution in [2.45, 2.75) is 12.1 Å². The smallest absolute Gasteiger partial charge is 0.187 e. The molecule has 4 rings (SSSR count). The predicted octanol–water partition coefficient (Wildman–Crippen LogP) is 4.45. The summed E-state index contributed by atoms with van der Waals surface area (Å²) < 4.78 is 16.3. The van der Waals surface area contributed by atoms with Crippen LogP contribution in [-0.4, -0.2) is 55.2 Å². The highest BCUT2D eigenvalue weighted by molar-refractivity contribution is 7.98. The predicted molar refractivity (Wildman–Crippen MR) is 120 cm³/mol. The van der Waals surface area contributed by atoms with Gasteiger partial charge >= 0.3 is 0 Å². The molecule has 0 aliphatic carbocycles. The van der Waals surface area contributed by atoms with E-state index in [2.05, 4.69) is 15.3 Å². The minimum atomic E-state index is 0.467. The minimum absolute atomic E-state index is 0.467. The number of thioether (sulfide) groups is 1. The normalized spacial score (nSPS) is 13.9. The standard InChI is InChI=1S/C21H23ClN4O3S/c1-11-15(27-2)6-16(28-3)18(22)17(11)14-5-13-8-24-21(30-4)26-19(13)20(25-14)23-7-12-9-29-10-12/h5-6,8,12H,7,9-10H2,1-4H3,(H,23,25). The summed E-state index contributed by atoms with van der Waals surface area (Å²) in [6.07, 6.45) is 3.77. The number of anilines is 1. The van der Waals surface area contributed by atoms with E-state index in [1.54, 1.807) is 20.3 Å². The number of pyridine rings is 1. The monoisotopic (exact) mass is 446 g/mol. The molecule has 1 aliphatic rings. The molecule has 2 aromatic heterocycles. The third-order valence-corrected chi connectivity index (χ3v) is 6.07. The van der Waals surface area contributed by atoms with Crippen molar-refractivity contribution in [2.75, 3.05) is 45.6 Å². The summed E-state index contributed by atoms with van der Waals surface area (Å²) >= 11 is 8.19. The maximum atomic E-state index is 6.70. The van der Waals surface area contributed by atoms with Crippen LogP contribution in [0.2, 0.25) is 5.02 Å². The van der Waals surface area contributed by atoms with Gasteiger partial charge in [-0.1, -0.05) is 23.4 Å². The molecule has 158 valence electrons. The SMILES string of the molecule is COc1cc(OC)c(Cl)c(-c2cc3cnc(SC)nc3c(NCC3COC3)n2)c1C. The molecule has 0 atom stereocenters. The first kappa shape index (κ1) is 21.0. The third-order valence-electron chi connectivity index (χ3n) is 5.13. The molecule has 1 saturated heterocycles. The summed E-state index contributed by atoms with van der Waals surface area (Å²) in [6.45, 7) is 4.23. The van der Waals surface area contributed by atoms with E-state index in [1.807, 2.05) is 25.4 Å². The number of rotatable bonds is 7. The number of halogens is 1. The molecule has 30 heavy (non-hydrogen) atoms. The van der Waals surface area contributed by atoms with Crippen LogP contribution in [0.1, 0.15) is 5.56 Å². The van der Waals surface area contributed by atoms with Crippen molar-refractivity contribution < 1.29 is 14.2 Å². The highest BCUT2D eigenvalue weighted by Crippen LogP contribution is 2.43. The van der Waals surface area contributed by atoms with E-state index in [9.17, 15) is 0 Å². The zero-order valence-electron chi connectivity index (χ0n) is 17.3. The lowest BCUT2D eigenvalue weighted by Crippen LogP contribution is -2.33. The number of benzene rings is 1. The van der Waals surface area contributed by atoms with E-state index in [-0.39, 0.29) is 0 Å². The summed E-state index contributed by atoms with van der Waals surface area (Å²) in [5.74, 6) is 2.38. The average Bonchev–Trinajstić information content (AvgIpc) is 2.72. The summed E-state index contributed by atoms with van der Waals surface area (Å²) in [7, 11) is 3.21. The van der Waals surface area contributed by atoms with E-state index in [0.717, 1.165) is 41.8 Å². The molecule has 0 spiro atoms. The van der Waals surface area contributed by atoms with Crippen LogP contribution in [0, 0.1) is 12.8 Å². The molecule has 1 N–H and O–H groups in total. The maximum Gasteiger partial charge on any atom is 0.187 e. The quantitative estimate of drug-likeness (QED) is 0.421. The molecule has 7 nitrogen and oxygen atoms in total. The van der Waals surface area contributed by atoms with Crippen molar-refractivity contribution in [2.24, 2.45) is 5.92 Å². The summed E-state index contributed by atoms with van der Waals surface area (Å²) in [6, 6.07) is 3.73. The van der Waals surface area contributed by atoms with Gasteiger partial charge in [0.05, 0.1) is 38.1 Å². The Balaban J connectivity index is 1.89. The number of hydrogen-bond acceptors (Lipinski definition) is 8. The van der Waals surface area contributed by atoms with Crippen molar-refractivity contribution in [3.63, 3.8) is 0 Å². The van der Waals surface area contributed by atoms with Gasteiger partial charge in [0.25, 0.3) is 0 Å². The van der Waals surface area contributed by atoms with Crippen LogP contribution in [0.4, 0.5) is 5.82 Å². The van der Waals surface area contributed by atoms with E-state index >= 15 is 0 Å². The van der Waals surface area contributed by atoms with Gasteiger partial charge in [-0.25, -0.2) is 15.0 Å². The molecule has 3 heterocycles. The highest BCUT2D eigenvalue weighted by atomic mass is 35.5. The van der Waals surface area contributed by atoms with Gasteiger partial charge in [-0.05, 0) is 19.2 Å². The number of ether oxygens (including phenoxy) is 3. The Morgan fingerprint density at radius 2 is 1.97 bits per heavy atom. The number of hydrogen-bond donors (Lipinski definition) is 1. The van der Waals surface area contributed by atoms with Gasteiger partial charge in [0, 0.05) is 41.2 Å². The van der Waals surface area contributed by atoms with Crippen LogP contribution in [-0.2, 0) is 4.74 Å². The number of aromatic nitrogens is 3. The fraction of sp³-hybridized carbons (Fsp3) is 0.381. The molecule has 0 bridgehead atoms. The van der Waals surface area contributed by atoms with Crippen molar-refractivity contribution in [3.8, 4) is 22.8 Å². The number of nitrogens with one attached hydrogen (secondary N) is 1. The number of nitrogens with zero attached hydrogens (tertiary/aromatic N) is 3. The van der Waals surface area contributed by atoms with Crippen LogP contribution in [0.5, 0.6) is 11.5 Å². The first-order chi connectivity index (χ1) is 14.5. The van der Waals surface area contributed by atoms with Gasteiger partial charge in [0.2, 0.25) is 0 Å². The number of fused-ring (bicyclic) bond motifs is 1. The van der Waals surface area contributed by atoms with Crippen LogP contribution in [0.25, 0.3) is 22.2 Å². The molecule has 0 radical (unpaired) electrons. The fourth-order valence-electron chi connectivity index (χ4n) is 3.38. The van der Waals surface area contributed by atoms with Crippen molar-refractivity contribution in [1.29, 1.82) is 0 Å². The van der Waals surface area contributed by atoms with E-state index in [1.165, 1.54) is 11.8 Å². The number of methoxy groups -OCH3 is 2. The minimum Gasteiger partial charge on any atom is -0.496 e. The zero-order chi connectivity index (χ0) is 21.3. The Morgan fingerprint density at radius 1 is 1.20 bits per heavy atom. The fourth-order valence-corrected chi connectivity index (χ4v) is 4.09. The van der Waals surface area contributed by atoms with Crippen LogP contribution >= 0.6 is 23.4 Å². The molecule has 0 saturated carbocycles. The average molecular weight is 447 g/mol. The zero-order valence-corrected chi connectivity index (χ0v) is 18.9. The third kappa shape index (κ3) is 3.87. The summed E-state index contributed by atoms with van der Waals surface area (Å²) in [4.78, 5) is 14.0. The lowest BCUT2D eigenvalue weighted by Gasteiger charge is -2.26. The Hall–Kier alpha value is -2.29. The first-order valence-corrected chi connectivity index (χ1v) is 11.1. The first-order valence-electron chi connectivity index (χ1n) is 9.50. The lowest BCUT2D eigenvalue weighted by atomic mass is 10.0. The van der Waals surface area contributed by atoms with Crippen molar-refractivity contribution in [1.82, 2.24) is 15.0 Å². The Morgan fingerprint density at radius 3 is 2.60 bits per heavy atom. The summed E-state index contributed by atoms with van der Waals surface area (Å²) in [5.41, 5.74) is 3.13. The molecule has 1 fully saturated rings. The molecule has 1 aromatic carbocycles. The van der Waals surface area contributed by atoms with Gasteiger partial charge in [0.1, 0.15) is 17.0 Å². The molecule has 0 unspecified atom stereocenters. The Bertz CT molecular complexity index is 1060. The summed E-state index contributed by atoms with van der Waals surface area (Å²) in [5, 5.41) is 5.52. The largest absolute Gasteiger partial charge is 0.496 e. The van der Waals surface area contributed by atoms with E-state index < -0.39 is 0 Å². The molecule has 3 aromatic rings. The van der Waals surface area contributed by atoms with Gasteiger partial charge in [0.15, 0.2) is 11.0 Å². The second-order valence-electron chi connectivity index (χ2n) is 7.03. The Labute approximate surface area is 184 Å². The molecule has 1 aliphatic heterocycles. The van der Waals surface area contributed by atoms with Crippen molar-refractivity contribution >= 4 is 40.1 Å². The maximum absolute atomic E-state index is 6.70. The molecule has 9 heteroatoms. The Kier molecular flexibility index (Phi) is 6.17. The van der Waals surface area contributed by atoms with Crippen LogP contribution in [0.3, 0.4) is 0 Å². The van der Waals surface area contributed by atoms with Gasteiger partial charge in [-0.2, -0.15) is 0 Å². The molecule has 0 amide bonds. The second-order valence-corrected chi connectivity index (χ2v) is 8.18. The lowest BCUT2D eigenvalue weighted by molar-refractivity contribution is -0.0248. The van der Waals surface area contributed by atoms with Crippen LogP contribution in [0.15, 0.2) is 23.5 Å². The second kappa shape index (κ2) is 8.83. The molecular weight excluding hydrogens is 424 g/mol. The molecular formula is C21H23ClN4O3S. The van der Waals surface area contributed by atoms with Gasteiger partial charge in [-0.3, -0.25) is 0 Å². The van der Waals surface area contributed by atoms with Gasteiger partial charge in [-0.15, -0.1) is 0 Å². The van der Waals surface area contributed by atoms with E-state index in [0.29, 0.717) is 39.1 Å². The van der Waals surface area contributed by atoms with Crippen LogP contribution < -0.4 is 14.8 Å². The highest BCUT2D eigenvalue weighted by Gasteiger charge is 2.22. The topological polar surface area (TPSA) is 78.4 Å².